The number of amides is 10. The normalized spacial score (nSPS) is 16.7. The highest BCUT2D eigenvalue weighted by Crippen LogP contribution is 2.24. The van der Waals surface area contributed by atoms with Gasteiger partial charge in [-0.15, -0.1) is 0 Å². The van der Waals surface area contributed by atoms with Crippen LogP contribution in [0.4, 0.5) is 9.59 Å². The third kappa shape index (κ3) is 18.5. The van der Waals surface area contributed by atoms with Gasteiger partial charge in [-0.1, -0.05) is 0 Å². The van der Waals surface area contributed by atoms with E-state index in [0.29, 0.717) is 0 Å². The Kier molecular flexibility index (Phi) is 23.6. The number of hydrogen-bond acceptors (Lipinski definition) is 16. The molecule has 2 fully saturated rings. The number of hydrogen-bond donors (Lipinski definition) is 6. The average molecular weight is 889 g/mol. The molecular formula is C36H56N8O14S2. The monoisotopic (exact) mass is 888 g/mol. The number of imide groups is 2. The first-order valence-electron chi connectivity index (χ1n) is 19.3. The van der Waals surface area contributed by atoms with Crippen molar-refractivity contribution in [2.45, 2.75) is 68.0 Å². The first-order chi connectivity index (χ1) is 28.6. The van der Waals surface area contributed by atoms with Crippen molar-refractivity contribution < 1.29 is 67.0 Å². The zero-order valence-corrected chi connectivity index (χ0v) is 35.9. The number of carbonyl (C=O) groups excluding carboxylic acids is 11. The van der Waals surface area contributed by atoms with E-state index in [-0.39, 0.29) is 134 Å². The summed E-state index contributed by atoms with van der Waals surface area (Å²) in [6.07, 6.45) is 0.326. The number of Topliss-reactive ketones (excluding diaryl/α,β-unsaturated/α-hetero) is 1. The van der Waals surface area contributed by atoms with Gasteiger partial charge in [-0.05, 0) is 18.9 Å². The second-order valence-corrected chi connectivity index (χ2v) is 15.5. The average Bonchev–Trinajstić information content (AvgIpc) is 3.67. The Hall–Kier alpha value is -4.97. The number of carbonyl (C=O) groups is 11. The highest BCUT2D eigenvalue weighted by molar-refractivity contribution is 8.00. The number of thioether (sulfide) groups is 2. The standard InChI is InChI=1S/C36H56N8O14S2/c1-37-35(54)57-20-23(21-58-36(55)38-2)56-15-5-6-24(45)22(16-29(48)41-11-9-39-27(46)7-13-43-31(50)18-25(59-3)33(43)52)17-30(49)42-12-10-40-28(47)8-14-44-32(51)19-26(60-4)34(44)53/h22-23,25-26H,5-21H2,1-4H3,(H,37,54)(H,38,55)(H,39,46)(H,40,47)(H,41,48)(H,42,49). The SMILES string of the molecule is CNC(=O)OCC(COC(=O)NC)OCCCC(=O)C(CC(=O)NCCNC(=O)CCN1C(=O)CC(SC)C1=O)CC(=O)NCCNC(=O)CCN1C(=O)CC(SC)C1=O. The lowest BCUT2D eigenvalue weighted by molar-refractivity contribution is -0.140. The Morgan fingerprint density at radius 3 is 1.40 bits per heavy atom. The van der Waals surface area contributed by atoms with Crippen LogP contribution in [0.1, 0.15) is 51.4 Å². The second-order valence-electron chi connectivity index (χ2n) is 13.4. The molecule has 2 rings (SSSR count). The minimum atomic E-state index is -1.07. The third-order valence-corrected chi connectivity index (χ3v) is 11.0. The molecule has 0 aliphatic carbocycles. The summed E-state index contributed by atoms with van der Waals surface area (Å²) in [5.74, 6) is -4.89. The first-order valence-corrected chi connectivity index (χ1v) is 21.9. The fraction of sp³-hybridized carbons (Fsp3) is 0.694. The van der Waals surface area contributed by atoms with Crippen molar-refractivity contribution in [3.8, 4) is 0 Å². The van der Waals surface area contributed by atoms with Crippen molar-refractivity contribution in [3.63, 3.8) is 0 Å². The molecule has 0 saturated carbocycles. The van der Waals surface area contributed by atoms with Crippen LogP contribution in [-0.4, -0.2) is 177 Å². The lowest BCUT2D eigenvalue weighted by atomic mass is 9.92. The maximum Gasteiger partial charge on any atom is 0.406 e. The number of ketones is 1. The fourth-order valence-corrected chi connectivity index (χ4v) is 7.05. The predicted octanol–water partition coefficient (Wildman–Crippen LogP) is -1.94. The van der Waals surface area contributed by atoms with Gasteiger partial charge in [0.25, 0.3) is 0 Å². The molecule has 336 valence electrons. The van der Waals surface area contributed by atoms with Gasteiger partial charge in [-0.2, -0.15) is 23.5 Å². The first kappa shape index (κ1) is 51.2. The van der Waals surface area contributed by atoms with Crippen LogP contribution in [0.15, 0.2) is 0 Å². The summed E-state index contributed by atoms with van der Waals surface area (Å²) < 4.78 is 15.6. The Bertz CT molecular complexity index is 1470. The van der Waals surface area contributed by atoms with Gasteiger partial charge in [0, 0.05) is 111 Å². The molecule has 2 unspecified atom stereocenters. The maximum atomic E-state index is 13.3. The van der Waals surface area contributed by atoms with E-state index in [1.807, 2.05) is 0 Å². The van der Waals surface area contributed by atoms with E-state index in [2.05, 4.69) is 31.9 Å². The Labute approximate surface area is 356 Å². The van der Waals surface area contributed by atoms with Crippen LogP contribution < -0.4 is 31.9 Å². The molecule has 60 heavy (non-hydrogen) atoms. The zero-order chi connectivity index (χ0) is 44.6. The van der Waals surface area contributed by atoms with E-state index in [4.69, 9.17) is 14.2 Å². The van der Waals surface area contributed by atoms with Gasteiger partial charge in [0.1, 0.15) is 25.1 Å². The Balaban J connectivity index is 1.88. The lowest BCUT2D eigenvalue weighted by Crippen LogP contribution is -2.39. The number of likely N-dealkylation sites (tertiary alicyclic amines) is 2. The minimum absolute atomic E-state index is 0.0134. The molecule has 10 amide bonds. The van der Waals surface area contributed by atoms with Crippen LogP contribution in [0.5, 0.6) is 0 Å². The molecule has 24 heteroatoms. The summed E-state index contributed by atoms with van der Waals surface area (Å²) in [7, 11) is 2.72. The molecule has 0 aromatic rings. The number of rotatable bonds is 28. The minimum Gasteiger partial charge on any atom is -0.447 e. The number of nitrogens with zero attached hydrogens (tertiary/aromatic N) is 2. The smallest absolute Gasteiger partial charge is 0.406 e. The molecule has 2 saturated heterocycles. The van der Waals surface area contributed by atoms with Crippen LogP contribution in [-0.2, 0) is 57.4 Å². The van der Waals surface area contributed by atoms with E-state index >= 15 is 0 Å². The van der Waals surface area contributed by atoms with Gasteiger partial charge >= 0.3 is 12.2 Å². The van der Waals surface area contributed by atoms with Crippen molar-refractivity contribution >= 4 is 88.8 Å². The van der Waals surface area contributed by atoms with E-state index in [1.54, 1.807) is 12.5 Å². The molecule has 0 radical (unpaired) electrons. The Morgan fingerprint density at radius 1 is 0.633 bits per heavy atom. The molecule has 0 aromatic carbocycles. The maximum absolute atomic E-state index is 13.3. The summed E-state index contributed by atoms with van der Waals surface area (Å²) in [6.45, 7) is -0.694. The molecule has 0 bridgehead atoms. The van der Waals surface area contributed by atoms with E-state index < -0.39 is 64.1 Å². The van der Waals surface area contributed by atoms with Crippen LogP contribution >= 0.6 is 23.5 Å². The molecule has 6 N–H and O–H groups in total. The molecule has 2 aliphatic heterocycles. The summed E-state index contributed by atoms with van der Waals surface area (Å²) in [5, 5.41) is 14.0. The second kappa shape index (κ2) is 27.7. The molecule has 0 aromatic heterocycles. The highest BCUT2D eigenvalue weighted by atomic mass is 32.2. The van der Waals surface area contributed by atoms with Crippen molar-refractivity contribution in [1.82, 2.24) is 41.7 Å². The van der Waals surface area contributed by atoms with Gasteiger partial charge < -0.3 is 46.1 Å². The number of alkyl carbamates (subject to hydrolysis) is 2. The van der Waals surface area contributed by atoms with Crippen LogP contribution in [0, 0.1) is 5.92 Å². The molecule has 22 nitrogen and oxygen atoms in total. The third-order valence-electron chi connectivity index (χ3n) is 9.09. The van der Waals surface area contributed by atoms with E-state index in [1.165, 1.54) is 37.6 Å². The van der Waals surface area contributed by atoms with Crippen molar-refractivity contribution in [2.75, 3.05) is 85.7 Å². The molecule has 2 heterocycles. The number of ether oxygens (including phenoxy) is 3. The van der Waals surface area contributed by atoms with Crippen LogP contribution in [0.2, 0.25) is 0 Å². The zero-order valence-electron chi connectivity index (χ0n) is 34.3. The van der Waals surface area contributed by atoms with Crippen LogP contribution in [0.3, 0.4) is 0 Å². The highest BCUT2D eigenvalue weighted by Gasteiger charge is 2.39. The summed E-state index contributed by atoms with van der Waals surface area (Å²) in [5.41, 5.74) is 0. The molecule has 2 aliphatic rings. The summed E-state index contributed by atoms with van der Waals surface area (Å²) >= 11 is 2.54. The van der Waals surface area contributed by atoms with Gasteiger partial charge in [-0.3, -0.25) is 53.0 Å². The molecular weight excluding hydrogens is 833 g/mol. The van der Waals surface area contributed by atoms with E-state index in [9.17, 15) is 52.7 Å². The van der Waals surface area contributed by atoms with Crippen LogP contribution in [0.25, 0.3) is 0 Å². The summed E-state index contributed by atoms with van der Waals surface area (Å²) in [6, 6.07) is 0. The lowest BCUT2D eigenvalue weighted by Gasteiger charge is -2.19. The Morgan fingerprint density at radius 2 is 1.03 bits per heavy atom. The van der Waals surface area contributed by atoms with Crippen molar-refractivity contribution in [3.05, 3.63) is 0 Å². The molecule has 2 atom stereocenters. The van der Waals surface area contributed by atoms with Crippen molar-refractivity contribution in [2.24, 2.45) is 5.92 Å². The van der Waals surface area contributed by atoms with Gasteiger partial charge in [0.05, 0.1) is 10.5 Å². The van der Waals surface area contributed by atoms with Gasteiger partial charge in [0.15, 0.2) is 0 Å². The summed E-state index contributed by atoms with van der Waals surface area (Å²) in [4.78, 5) is 138. The predicted molar refractivity (Wildman–Crippen MR) is 216 cm³/mol. The topological polar surface area (TPSA) is 294 Å². The largest absolute Gasteiger partial charge is 0.447 e. The number of nitrogens with one attached hydrogen (secondary N) is 6. The van der Waals surface area contributed by atoms with Gasteiger partial charge in [-0.25, -0.2) is 9.59 Å². The van der Waals surface area contributed by atoms with Crippen molar-refractivity contribution in [1.29, 1.82) is 0 Å². The molecule has 0 spiro atoms. The van der Waals surface area contributed by atoms with E-state index in [0.717, 1.165) is 9.80 Å². The fourth-order valence-electron chi connectivity index (χ4n) is 5.77. The quantitative estimate of drug-likeness (QED) is 0.0368. The van der Waals surface area contributed by atoms with Gasteiger partial charge in [0.2, 0.25) is 47.3 Å².